The molecule has 3 aromatic carbocycles. The maximum atomic E-state index is 12.4. The number of nitrogens with one attached hydrogen (secondary N) is 1. The molecule has 1 atom stereocenters. The summed E-state index contributed by atoms with van der Waals surface area (Å²) in [6.07, 6.45) is 0.517. The molecule has 0 saturated carbocycles. The van der Waals surface area contributed by atoms with Crippen molar-refractivity contribution < 1.29 is 9.21 Å². The summed E-state index contributed by atoms with van der Waals surface area (Å²) in [6, 6.07) is 24.7. The zero-order valence-corrected chi connectivity index (χ0v) is 22.1. The Morgan fingerprint density at radius 3 is 2.32 bits per heavy atom. The minimum absolute atomic E-state index is 0.0941. The van der Waals surface area contributed by atoms with Gasteiger partial charge < -0.3 is 14.2 Å². The van der Waals surface area contributed by atoms with Gasteiger partial charge in [0.05, 0.1) is 17.4 Å². The molecule has 3 heterocycles. The van der Waals surface area contributed by atoms with Crippen LogP contribution in [0.3, 0.4) is 0 Å². The third-order valence-corrected chi connectivity index (χ3v) is 7.72. The number of amidine groups is 1. The van der Waals surface area contributed by atoms with Crippen LogP contribution in [0.4, 0.5) is 23.1 Å². The molecule has 1 saturated heterocycles. The van der Waals surface area contributed by atoms with Crippen molar-refractivity contribution in [3.63, 3.8) is 0 Å². The quantitative estimate of drug-likeness (QED) is 0.367. The van der Waals surface area contributed by atoms with E-state index in [1.165, 1.54) is 16.7 Å². The first-order chi connectivity index (χ1) is 18.5. The molecule has 0 spiro atoms. The summed E-state index contributed by atoms with van der Waals surface area (Å²) in [4.78, 5) is 23.5. The molecule has 1 amide bonds. The van der Waals surface area contributed by atoms with Crippen LogP contribution >= 0.6 is 11.8 Å². The summed E-state index contributed by atoms with van der Waals surface area (Å²) >= 11 is 1.75. The van der Waals surface area contributed by atoms with Gasteiger partial charge in [0.1, 0.15) is 12.4 Å². The standard InChI is InChI=1S/C28H27N7O2S/c1-18(36)35-23(19-12-14-20(15-13-19)33(2)3)16-26(32-35)29-28-31-30-27(37-28)17-34-21-8-4-6-10-24(21)38-25-11-7-5-9-22(25)34/h4-15,23H,16-17H2,1-3H3,(H,29,31,32). The Hall–Kier alpha value is -4.31. The van der Waals surface area contributed by atoms with Crippen LogP contribution < -0.4 is 15.2 Å². The number of aliphatic imine (C=N–C) groups is 1. The molecule has 1 fully saturated rings. The average Bonchev–Trinajstić information content (AvgIpc) is 3.56. The number of carbonyl (C=O) groups is 1. The number of para-hydroxylation sites is 2. The van der Waals surface area contributed by atoms with Crippen molar-refractivity contribution >= 4 is 46.6 Å². The van der Waals surface area contributed by atoms with Crippen LogP contribution in [0.5, 0.6) is 0 Å². The van der Waals surface area contributed by atoms with E-state index in [2.05, 4.69) is 49.8 Å². The van der Waals surface area contributed by atoms with E-state index in [-0.39, 0.29) is 18.0 Å². The minimum atomic E-state index is -0.177. The first-order valence-corrected chi connectivity index (χ1v) is 13.1. The van der Waals surface area contributed by atoms with E-state index < -0.39 is 0 Å². The highest BCUT2D eigenvalue weighted by molar-refractivity contribution is 7.99. The topological polar surface area (TPSA) is 90.1 Å². The number of nitrogens with zero attached hydrogens (tertiary/aromatic N) is 6. The molecule has 10 heteroatoms. The van der Waals surface area contributed by atoms with Crippen LogP contribution in [0.2, 0.25) is 0 Å². The van der Waals surface area contributed by atoms with Gasteiger partial charge in [-0.3, -0.25) is 10.2 Å². The molecule has 2 aliphatic heterocycles. The second-order valence-electron chi connectivity index (χ2n) is 9.37. The monoisotopic (exact) mass is 525 g/mol. The second kappa shape index (κ2) is 9.86. The van der Waals surface area contributed by atoms with Crippen LogP contribution in [0.1, 0.15) is 30.8 Å². The number of carbonyl (C=O) groups excluding carboxylic acids is 1. The van der Waals surface area contributed by atoms with Crippen molar-refractivity contribution in [1.82, 2.24) is 20.6 Å². The van der Waals surface area contributed by atoms with Gasteiger partial charge in [0.25, 0.3) is 0 Å². The lowest BCUT2D eigenvalue weighted by Crippen LogP contribution is -2.38. The van der Waals surface area contributed by atoms with Crippen molar-refractivity contribution in [2.45, 2.75) is 35.7 Å². The fraction of sp³-hybridized carbons (Fsp3) is 0.214. The third kappa shape index (κ3) is 4.58. The van der Waals surface area contributed by atoms with Crippen LogP contribution in [-0.2, 0) is 11.3 Å². The Morgan fingerprint density at radius 1 is 1.03 bits per heavy atom. The van der Waals surface area contributed by atoms with Gasteiger partial charge in [0.15, 0.2) is 0 Å². The molecule has 6 rings (SSSR count). The van der Waals surface area contributed by atoms with E-state index in [1.807, 2.05) is 67.5 Å². The summed E-state index contributed by atoms with van der Waals surface area (Å²) in [5.74, 6) is 0.962. The summed E-state index contributed by atoms with van der Waals surface area (Å²) < 4.78 is 5.95. The normalized spacial score (nSPS) is 17.2. The van der Waals surface area contributed by atoms with E-state index in [4.69, 9.17) is 4.42 Å². The van der Waals surface area contributed by atoms with Crippen molar-refractivity contribution in [1.29, 1.82) is 0 Å². The van der Waals surface area contributed by atoms with Crippen LogP contribution in [-0.4, -0.2) is 41.0 Å². The number of rotatable bonds is 5. The minimum Gasteiger partial charge on any atom is -0.404 e. The van der Waals surface area contributed by atoms with Gasteiger partial charge in [-0.25, -0.2) is 5.01 Å². The summed E-state index contributed by atoms with van der Waals surface area (Å²) in [7, 11) is 4.00. The summed E-state index contributed by atoms with van der Waals surface area (Å²) in [6.45, 7) is 1.95. The maximum absolute atomic E-state index is 12.4. The highest BCUT2D eigenvalue weighted by Gasteiger charge is 2.33. The zero-order chi connectivity index (χ0) is 26.2. The van der Waals surface area contributed by atoms with Crippen LogP contribution in [0, 0.1) is 0 Å². The Kier molecular flexibility index (Phi) is 6.24. The molecule has 1 aromatic heterocycles. The molecule has 1 unspecified atom stereocenters. The predicted molar refractivity (Wildman–Crippen MR) is 148 cm³/mol. The van der Waals surface area contributed by atoms with Crippen LogP contribution in [0.25, 0.3) is 0 Å². The number of hydrazine groups is 1. The lowest BCUT2D eigenvalue weighted by atomic mass is 10.0. The Bertz CT molecular complexity index is 1470. The number of fused-ring (bicyclic) bond motifs is 2. The van der Waals surface area contributed by atoms with E-state index in [0.717, 1.165) is 22.6 Å². The molecule has 2 aliphatic rings. The average molecular weight is 526 g/mol. The molecule has 0 aliphatic carbocycles. The van der Waals surface area contributed by atoms with Gasteiger partial charge in [0.2, 0.25) is 11.8 Å². The van der Waals surface area contributed by atoms with E-state index in [0.29, 0.717) is 24.7 Å². The van der Waals surface area contributed by atoms with Gasteiger partial charge in [-0.1, -0.05) is 53.3 Å². The largest absolute Gasteiger partial charge is 0.404 e. The van der Waals surface area contributed by atoms with Crippen molar-refractivity contribution in [2.75, 3.05) is 23.9 Å². The van der Waals surface area contributed by atoms with Crippen LogP contribution in [0.15, 0.2) is 92.0 Å². The van der Waals surface area contributed by atoms with Gasteiger partial charge in [-0.05, 0) is 42.0 Å². The Morgan fingerprint density at radius 2 is 1.68 bits per heavy atom. The highest BCUT2D eigenvalue weighted by Crippen LogP contribution is 2.48. The van der Waals surface area contributed by atoms with Gasteiger partial charge >= 0.3 is 6.01 Å². The third-order valence-electron chi connectivity index (χ3n) is 6.59. The van der Waals surface area contributed by atoms with Gasteiger partial charge in [0, 0.05) is 42.9 Å². The van der Waals surface area contributed by atoms with E-state index in [1.54, 1.807) is 16.8 Å². The first kappa shape index (κ1) is 24.1. The summed E-state index contributed by atoms with van der Waals surface area (Å²) in [5.41, 5.74) is 7.44. The lowest BCUT2D eigenvalue weighted by molar-refractivity contribution is -0.132. The molecular formula is C28H27N7O2S. The van der Waals surface area contributed by atoms with E-state index >= 15 is 0 Å². The smallest absolute Gasteiger partial charge is 0.344 e. The predicted octanol–water partition coefficient (Wildman–Crippen LogP) is 5.47. The number of benzene rings is 3. The molecule has 0 radical (unpaired) electrons. The molecule has 4 aromatic rings. The number of aromatic nitrogens is 2. The summed E-state index contributed by atoms with van der Waals surface area (Å²) in [5, 5.41) is 10.0. The zero-order valence-electron chi connectivity index (χ0n) is 21.3. The van der Waals surface area contributed by atoms with Gasteiger partial charge in [-0.15, -0.1) is 5.10 Å². The number of hydrogen-bond donors (Lipinski definition) is 1. The molecule has 192 valence electrons. The van der Waals surface area contributed by atoms with Crippen molar-refractivity contribution in [3.05, 3.63) is 84.3 Å². The molecule has 38 heavy (non-hydrogen) atoms. The lowest BCUT2D eigenvalue weighted by Gasteiger charge is -2.31. The number of hydrogen-bond acceptors (Lipinski definition) is 8. The van der Waals surface area contributed by atoms with E-state index in [9.17, 15) is 4.79 Å². The molecular weight excluding hydrogens is 498 g/mol. The fourth-order valence-electron chi connectivity index (χ4n) is 4.72. The van der Waals surface area contributed by atoms with Gasteiger partial charge in [-0.2, -0.15) is 4.99 Å². The Labute approximate surface area is 225 Å². The number of anilines is 3. The van der Waals surface area contributed by atoms with Crippen molar-refractivity contribution in [2.24, 2.45) is 4.99 Å². The fourth-order valence-corrected chi connectivity index (χ4v) is 5.82. The van der Waals surface area contributed by atoms with Crippen molar-refractivity contribution in [3.8, 4) is 0 Å². The first-order valence-electron chi connectivity index (χ1n) is 12.3. The highest BCUT2D eigenvalue weighted by atomic mass is 32.2. The molecule has 9 nitrogen and oxygen atoms in total. The molecule has 1 N–H and O–H groups in total. The number of amides is 1. The SMILES string of the molecule is CC(=O)N1N/C(=N\c2nnc(CN3c4ccccc4Sc4ccccc43)o2)CC1c1ccc(N(C)C)cc1. The Balaban J connectivity index is 1.23. The molecule has 0 bridgehead atoms. The maximum Gasteiger partial charge on any atom is 0.344 e. The second-order valence-corrected chi connectivity index (χ2v) is 10.5.